The van der Waals surface area contributed by atoms with Crippen LogP contribution in [0.4, 0.5) is 0 Å². The zero-order valence-electron chi connectivity index (χ0n) is 11.5. The fourth-order valence-corrected chi connectivity index (χ4v) is 3.15. The van der Waals surface area contributed by atoms with Gasteiger partial charge in [0, 0.05) is 17.0 Å². The highest BCUT2D eigenvalue weighted by Gasteiger charge is 2.23. The molecule has 1 aliphatic rings. The lowest BCUT2D eigenvalue weighted by molar-refractivity contribution is 0.135. The number of aliphatic hydroxyl groups excluding tert-OH is 1. The third kappa shape index (κ3) is 2.64. The van der Waals surface area contributed by atoms with Crippen LogP contribution in [0.5, 0.6) is 0 Å². The largest absolute Gasteiger partial charge is 0.392 e. The molecule has 1 aromatic carbocycles. The monoisotopic (exact) mass is 255 g/mol. The Morgan fingerprint density at radius 2 is 1.89 bits per heavy atom. The average Bonchev–Trinajstić information content (AvgIpc) is 2.63. The summed E-state index contributed by atoms with van der Waals surface area (Å²) in [4.78, 5) is 4.54. The fourth-order valence-electron chi connectivity index (χ4n) is 3.15. The van der Waals surface area contributed by atoms with Gasteiger partial charge in [-0.3, -0.25) is 4.98 Å². The Morgan fingerprint density at radius 1 is 1.05 bits per heavy atom. The number of benzene rings is 1. The van der Waals surface area contributed by atoms with Gasteiger partial charge in [0.25, 0.3) is 0 Å². The molecule has 1 heterocycles. The summed E-state index contributed by atoms with van der Waals surface area (Å²) >= 11 is 0. The van der Waals surface area contributed by atoms with E-state index < -0.39 is 0 Å². The van der Waals surface area contributed by atoms with Crippen molar-refractivity contribution in [3.05, 3.63) is 41.6 Å². The number of aryl methyl sites for hydroxylation is 1. The number of fused-ring (bicyclic) bond motifs is 1. The minimum atomic E-state index is -0.182. The Hall–Kier alpha value is -1.41. The summed E-state index contributed by atoms with van der Waals surface area (Å²) in [5.74, 6) is 0.299. The number of pyridine rings is 1. The van der Waals surface area contributed by atoms with Crippen LogP contribution in [0.2, 0.25) is 0 Å². The van der Waals surface area contributed by atoms with Crippen molar-refractivity contribution < 1.29 is 5.11 Å². The van der Waals surface area contributed by atoms with E-state index in [9.17, 15) is 5.11 Å². The molecule has 0 saturated heterocycles. The highest BCUT2D eigenvalue weighted by atomic mass is 16.3. The molecule has 2 heteroatoms. The molecule has 0 bridgehead atoms. The van der Waals surface area contributed by atoms with Crippen LogP contribution in [-0.4, -0.2) is 16.2 Å². The Balaban J connectivity index is 1.97. The quantitative estimate of drug-likeness (QED) is 0.783. The van der Waals surface area contributed by atoms with Gasteiger partial charge in [-0.1, -0.05) is 31.4 Å². The molecule has 1 fully saturated rings. The second-order valence-corrected chi connectivity index (χ2v) is 5.72. The van der Waals surface area contributed by atoms with E-state index in [4.69, 9.17) is 0 Å². The smallest absolute Gasteiger partial charge is 0.0705 e. The van der Waals surface area contributed by atoms with Crippen LogP contribution < -0.4 is 0 Å². The van der Waals surface area contributed by atoms with E-state index >= 15 is 0 Å². The fraction of sp³-hybridized carbons (Fsp3) is 0.471. The molecule has 1 aromatic heterocycles. The number of aliphatic hydroxyl groups is 1. The van der Waals surface area contributed by atoms with E-state index in [2.05, 4.69) is 35.3 Å². The maximum Gasteiger partial charge on any atom is 0.0705 e. The van der Waals surface area contributed by atoms with Gasteiger partial charge in [-0.05, 0) is 43.5 Å². The Bertz CT molecular complexity index is 578. The van der Waals surface area contributed by atoms with Crippen molar-refractivity contribution >= 4 is 10.9 Å². The SMILES string of the molecule is Cc1ccc2cc(C3CCCCCC3O)ccc2n1. The van der Waals surface area contributed by atoms with Crippen LogP contribution in [0.1, 0.15) is 49.3 Å². The highest BCUT2D eigenvalue weighted by Crippen LogP contribution is 2.33. The molecular weight excluding hydrogens is 234 g/mol. The predicted molar refractivity (Wildman–Crippen MR) is 78.3 cm³/mol. The molecule has 1 N–H and O–H groups in total. The van der Waals surface area contributed by atoms with Crippen molar-refractivity contribution in [2.75, 3.05) is 0 Å². The van der Waals surface area contributed by atoms with Crippen molar-refractivity contribution in [3.8, 4) is 0 Å². The summed E-state index contributed by atoms with van der Waals surface area (Å²) in [6.45, 7) is 2.02. The average molecular weight is 255 g/mol. The molecule has 0 radical (unpaired) electrons. The lowest BCUT2D eigenvalue weighted by atomic mass is 9.89. The summed E-state index contributed by atoms with van der Waals surface area (Å²) in [7, 11) is 0. The maximum atomic E-state index is 10.3. The van der Waals surface area contributed by atoms with Gasteiger partial charge in [0.15, 0.2) is 0 Å². The minimum absolute atomic E-state index is 0.182. The van der Waals surface area contributed by atoms with Gasteiger partial charge in [-0.25, -0.2) is 0 Å². The molecule has 0 aliphatic heterocycles. The lowest BCUT2D eigenvalue weighted by Crippen LogP contribution is -2.16. The van der Waals surface area contributed by atoms with E-state index in [1.54, 1.807) is 0 Å². The van der Waals surface area contributed by atoms with Crippen molar-refractivity contribution in [2.45, 2.75) is 51.0 Å². The van der Waals surface area contributed by atoms with Crippen LogP contribution in [0.25, 0.3) is 10.9 Å². The molecule has 1 aliphatic carbocycles. The van der Waals surface area contributed by atoms with Gasteiger partial charge in [0.05, 0.1) is 11.6 Å². The third-order valence-corrected chi connectivity index (χ3v) is 4.26. The normalized spacial score (nSPS) is 24.3. The Kier molecular flexibility index (Phi) is 3.52. The number of hydrogen-bond acceptors (Lipinski definition) is 2. The molecule has 2 aromatic rings. The number of rotatable bonds is 1. The van der Waals surface area contributed by atoms with Gasteiger partial charge in [0.1, 0.15) is 0 Å². The summed E-state index contributed by atoms with van der Waals surface area (Å²) in [5.41, 5.74) is 3.37. The highest BCUT2D eigenvalue weighted by molar-refractivity contribution is 5.79. The predicted octanol–water partition coefficient (Wildman–Crippen LogP) is 3.95. The summed E-state index contributed by atoms with van der Waals surface area (Å²) < 4.78 is 0. The number of hydrogen-bond donors (Lipinski definition) is 1. The zero-order chi connectivity index (χ0) is 13.2. The Labute approximate surface area is 114 Å². The molecule has 100 valence electrons. The lowest BCUT2D eigenvalue weighted by Gasteiger charge is -2.21. The van der Waals surface area contributed by atoms with Crippen LogP contribution in [0.15, 0.2) is 30.3 Å². The van der Waals surface area contributed by atoms with Crippen molar-refractivity contribution in [1.29, 1.82) is 0 Å². The summed E-state index contributed by atoms with van der Waals surface area (Å²) in [5, 5.41) is 11.5. The first kappa shape index (κ1) is 12.6. The van der Waals surface area contributed by atoms with E-state index in [0.29, 0.717) is 5.92 Å². The molecule has 3 rings (SSSR count). The van der Waals surface area contributed by atoms with E-state index in [1.165, 1.54) is 23.8 Å². The standard InChI is InChI=1S/C17H21NO/c1-12-7-8-14-11-13(9-10-16(14)18-12)15-5-3-2-4-6-17(15)19/h7-11,15,17,19H,2-6H2,1H3. The van der Waals surface area contributed by atoms with Crippen LogP contribution in [-0.2, 0) is 0 Å². The van der Waals surface area contributed by atoms with Crippen LogP contribution in [0, 0.1) is 6.92 Å². The first-order chi connectivity index (χ1) is 9.24. The Morgan fingerprint density at radius 3 is 2.79 bits per heavy atom. The van der Waals surface area contributed by atoms with Gasteiger partial charge in [0.2, 0.25) is 0 Å². The topological polar surface area (TPSA) is 33.1 Å². The van der Waals surface area contributed by atoms with Crippen LogP contribution >= 0.6 is 0 Å². The number of aromatic nitrogens is 1. The van der Waals surface area contributed by atoms with E-state index in [-0.39, 0.29) is 6.10 Å². The minimum Gasteiger partial charge on any atom is -0.392 e. The maximum absolute atomic E-state index is 10.3. The molecule has 2 unspecified atom stereocenters. The first-order valence-corrected chi connectivity index (χ1v) is 7.29. The molecule has 19 heavy (non-hydrogen) atoms. The third-order valence-electron chi connectivity index (χ3n) is 4.26. The zero-order valence-corrected chi connectivity index (χ0v) is 11.5. The van der Waals surface area contributed by atoms with E-state index in [0.717, 1.165) is 30.5 Å². The van der Waals surface area contributed by atoms with Gasteiger partial charge >= 0.3 is 0 Å². The van der Waals surface area contributed by atoms with Crippen molar-refractivity contribution in [2.24, 2.45) is 0 Å². The molecule has 0 spiro atoms. The second kappa shape index (κ2) is 5.30. The molecule has 1 saturated carbocycles. The summed E-state index contributed by atoms with van der Waals surface area (Å²) in [6, 6.07) is 10.6. The molecule has 0 amide bonds. The molecule has 2 nitrogen and oxygen atoms in total. The summed E-state index contributed by atoms with van der Waals surface area (Å²) in [6.07, 6.45) is 5.50. The van der Waals surface area contributed by atoms with Crippen molar-refractivity contribution in [3.63, 3.8) is 0 Å². The van der Waals surface area contributed by atoms with Gasteiger partial charge in [-0.15, -0.1) is 0 Å². The van der Waals surface area contributed by atoms with Gasteiger partial charge < -0.3 is 5.11 Å². The number of nitrogens with zero attached hydrogens (tertiary/aromatic N) is 1. The molecular formula is C17H21NO. The molecule has 2 atom stereocenters. The second-order valence-electron chi connectivity index (χ2n) is 5.72. The van der Waals surface area contributed by atoms with Gasteiger partial charge in [-0.2, -0.15) is 0 Å². The van der Waals surface area contributed by atoms with Crippen molar-refractivity contribution in [1.82, 2.24) is 4.98 Å². The van der Waals surface area contributed by atoms with E-state index in [1.807, 2.05) is 6.92 Å². The first-order valence-electron chi connectivity index (χ1n) is 7.29. The van der Waals surface area contributed by atoms with Crippen LogP contribution in [0.3, 0.4) is 0 Å².